The molecular weight excluding hydrogens is 432 g/mol. The predicted molar refractivity (Wildman–Crippen MR) is 125 cm³/mol. The van der Waals surface area contributed by atoms with E-state index in [9.17, 15) is 10.1 Å². The molecule has 0 radical (unpaired) electrons. The van der Waals surface area contributed by atoms with Gasteiger partial charge in [0.1, 0.15) is 6.04 Å². The third-order valence-corrected chi connectivity index (χ3v) is 9.78. The third-order valence-electron chi connectivity index (χ3n) is 9.78. The van der Waals surface area contributed by atoms with E-state index in [0.29, 0.717) is 31.0 Å². The van der Waals surface area contributed by atoms with Crippen LogP contribution in [0.25, 0.3) is 0 Å². The molecule has 4 bridgehead atoms. The average molecular weight is 473 g/mol. The lowest BCUT2D eigenvalue weighted by Crippen LogP contribution is -2.65. The number of rotatable bonds is 9. The number of hydrogen-bond donors (Lipinski definition) is 1. The summed E-state index contributed by atoms with van der Waals surface area (Å²) in [5, 5.41) is 9.59. The van der Waals surface area contributed by atoms with Crippen molar-refractivity contribution >= 4 is 5.91 Å². The van der Waals surface area contributed by atoms with Gasteiger partial charge in [-0.25, -0.2) is 0 Å². The Morgan fingerprint density at radius 2 is 1.85 bits per heavy atom. The van der Waals surface area contributed by atoms with Crippen LogP contribution in [0.15, 0.2) is 0 Å². The Bertz CT molecular complexity index is 810. The minimum absolute atomic E-state index is 0.0279. The highest BCUT2D eigenvalue weighted by atomic mass is 16.5. The van der Waals surface area contributed by atoms with Crippen LogP contribution in [-0.2, 0) is 19.0 Å². The number of likely N-dealkylation sites (tertiary alicyclic amines) is 1. The van der Waals surface area contributed by atoms with Crippen molar-refractivity contribution in [3.05, 3.63) is 0 Å². The number of carbonyl (C=O) groups excluding carboxylic acids is 1. The molecular formula is C26H40N4O4. The van der Waals surface area contributed by atoms with Gasteiger partial charge in [0, 0.05) is 25.7 Å². The number of carbonyl (C=O) groups is 1. The molecule has 8 heteroatoms. The number of ether oxygens (including phenoxy) is 3. The molecule has 0 aromatic rings. The van der Waals surface area contributed by atoms with Gasteiger partial charge in [0.2, 0.25) is 5.91 Å². The van der Waals surface area contributed by atoms with Gasteiger partial charge >= 0.3 is 0 Å². The highest BCUT2D eigenvalue weighted by Crippen LogP contribution is 2.64. The van der Waals surface area contributed by atoms with E-state index in [1.165, 1.54) is 6.42 Å². The van der Waals surface area contributed by atoms with Gasteiger partial charge < -0.3 is 24.8 Å². The monoisotopic (exact) mass is 472 g/mol. The minimum Gasteiger partial charge on any atom is -0.379 e. The molecule has 7 aliphatic rings. The van der Waals surface area contributed by atoms with E-state index in [1.54, 1.807) is 0 Å². The van der Waals surface area contributed by atoms with Gasteiger partial charge in [-0.3, -0.25) is 9.69 Å². The predicted octanol–water partition coefficient (Wildman–Crippen LogP) is 1.53. The SMILES string of the molecule is N#CC1C[C@@H]2C[C@@H]2N1C(=O)[C@@H](N)C12C[C@@H]3C[C@H](CC(OCCOCCN4CCOCC4)(C3)C1)C2. The summed E-state index contributed by atoms with van der Waals surface area (Å²) in [6, 6.07) is 1.83. The fourth-order valence-electron chi connectivity index (χ4n) is 8.53. The van der Waals surface area contributed by atoms with Crippen molar-refractivity contribution < 1.29 is 19.0 Å². The molecule has 5 aliphatic carbocycles. The first-order chi connectivity index (χ1) is 16.5. The van der Waals surface area contributed by atoms with Gasteiger partial charge in [-0.05, 0) is 74.5 Å². The summed E-state index contributed by atoms with van der Waals surface area (Å²) in [5.41, 5.74) is 6.49. The fourth-order valence-corrected chi connectivity index (χ4v) is 8.53. The van der Waals surface area contributed by atoms with Crippen molar-refractivity contribution in [2.75, 3.05) is 52.7 Å². The second-order valence-electron chi connectivity index (χ2n) is 12.1. The van der Waals surface area contributed by atoms with E-state index in [2.05, 4.69) is 11.0 Å². The largest absolute Gasteiger partial charge is 0.379 e. The van der Waals surface area contributed by atoms with Gasteiger partial charge in [-0.1, -0.05) is 0 Å². The molecule has 34 heavy (non-hydrogen) atoms. The van der Waals surface area contributed by atoms with Crippen molar-refractivity contribution in [3.63, 3.8) is 0 Å². The molecule has 8 nitrogen and oxygen atoms in total. The second kappa shape index (κ2) is 9.01. The van der Waals surface area contributed by atoms with E-state index in [-0.39, 0.29) is 29.0 Å². The molecule has 2 aliphatic heterocycles. The maximum absolute atomic E-state index is 13.6. The lowest BCUT2D eigenvalue weighted by molar-refractivity contribution is -0.204. The van der Waals surface area contributed by atoms with E-state index < -0.39 is 6.04 Å². The summed E-state index contributed by atoms with van der Waals surface area (Å²) in [6.45, 7) is 6.49. The molecule has 2 heterocycles. The first kappa shape index (κ1) is 23.2. The summed E-state index contributed by atoms with van der Waals surface area (Å²) >= 11 is 0. The van der Waals surface area contributed by atoms with Crippen molar-refractivity contribution in [2.24, 2.45) is 28.9 Å². The number of morpholine rings is 1. The van der Waals surface area contributed by atoms with Crippen LogP contribution in [-0.4, -0.2) is 92.1 Å². The van der Waals surface area contributed by atoms with Gasteiger partial charge in [-0.2, -0.15) is 5.26 Å². The molecule has 0 spiro atoms. The van der Waals surface area contributed by atoms with Crippen LogP contribution in [0, 0.1) is 34.5 Å². The highest BCUT2D eigenvalue weighted by molar-refractivity contribution is 5.84. The maximum atomic E-state index is 13.6. The molecule has 5 saturated carbocycles. The Morgan fingerprint density at radius 3 is 2.59 bits per heavy atom. The molecule has 7 rings (SSSR count). The quantitative estimate of drug-likeness (QED) is 0.508. The molecule has 7 fully saturated rings. The van der Waals surface area contributed by atoms with Crippen molar-refractivity contribution in [2.45, 2.75) is 75.1 Å². The number of hydrogen-bond acceptors (Lipinski definition) is 7. The lowest BCUT2D eigenvalue weighted by atomic mass is 9.46. The zero-order chi connectivity index (χ0) is 23.3. The Balaban J connectivity index is 1.05. The lowest BCUT2D eigenvalue weighted by Gasteiger charge is -2.63. The van der Waals surface area contributed by atoms with Gasteiger partial charge in [0.15, 0.2) is 0 Å². The first-order valence-corrected chi connectivity index (χ1v) is 13.5. The fraction of sp³-hybridized carbons (Fsp3) is 0.923. The Labute approximate surface area is 203 Å². The molecule has 188 valence electrons. The Hall–Kier alpha value is -1.24. The number of amides is 1. The van der Waals surface area contributed by atoms with E-state index in [4.69, 9.17) is 19.9 Å². The van der Waals surface area contributed by atoms with Crippen LogP contribution in [0.1, 0.15) is 51.4 Å². The Kier molecular flexibility index (Phi) is 6.14. The topological polar surface area (TPSA) is 101 Å². The second-order valence-corrected chi connectivity index (χ2v) is 12.1. The first-order valence-electron chi connectivity index (χ1n) is 13.5. The number of piperidine rings is 1. The minimum atomic E-state index is -0.513. The van der Waals surface area contributed by atoms with Gasteiger partial charge in [0.25, 0.3) is 0 Å². The Morgan fingerprint density at radius 1 is 1.09 bits per heavy atom. The van der Waals surface area contributed by atoms with Gasteiger partial charge in [-0.15, -0.1) is 0 Å². The van der Waals surface area contributed by atoms with Crippen LogP contribution in [0.2, 0.25) is 0 Å². The highest BCUT2D eigenvalue weighted by Gasteiger charge is 2.63. The summed E-state index contributed by atoms with van der Waals surface area (Å²) in [5.74, 6) is 1.75. The number of nitrogens with zero attached hydrogens (tertiary/aromatic N) is 3. The average Bonchev–Trinajstić information content (AvgIpc) is 3.49. The van der Waals surface area contributed by atoms with Crippen LogP contribution in [0.4, 0.5) is 0 Å². The zero-order valence-electron chi connectivity index (χ0n) is 20.3. The molecule has 0 aromatic carbocycles. The normalized spacial score (nSPS) is 43.5. The molecule has 2 saturated heterocycles. The van der Waals surface area contributed by atoms with Crippen LogP contribution >= 0.6 is 0 Å². The van der Waals surface area contributed by atoms with Crippen molar-refractivity contribution in [1.82, 2.24) is 9.80 Å². The molecule has 6 atom stereocenters. The summed E-state index contributed by atoms with van der Waals surface area (Å²) in [4.78, 5) is 17.9. The van der Waals surface area contributed by atoms with Crippen LogP contribution in [0.5, 0.6) is 0 Å². The van der Waals surface area contributed by atoms with E-state index in [0.717, 1.165) is 84.4 Å². The number of nitrogens with two attached hydrogens (primary N) is 1. The zero-order valence-corrected chi connectivity index (χ0v) is 20.3. The molecule has 1 amide bonds. The van der Waals surface area contributed by atoms with Crippen LogP contribution < -0.4 is 5.73 Å². The van der Waals surface area contributed by atoms with Crippen molar-refractivity contribution in [3.8, 4) is 6.07 Å². The van der Waals surface area contributed by atoms with E-state index >= 15 is 0 Å². The van der Waals surface area contributed by atoms with Gasteiger partial charge in [0.05, 0.1) is 50.7 Å². The molecule has 1 unspecified atom stereocenters. The summed E-state index contributed by atoms with van der Waals surface area (Å²) < 4.78 is 17.9. The summed E-state index contributed by atoms with van der Waals surface area (Å²) in [6.07, 6.45) is 8.27. The van der Waals surface area contributed by atoms with Crippen LogP contribution in [0.3, 0.4) is 0 Å². The molecule has 2 N–H and O–H groups in total. The molecule has 0 aromatic heterocycles. The van der Waals surface area contributed by atoms with E-state index in [1.807, 2.05) is 4.90 Å². The number of nitriles is 1. The summed E-state index contributed by atoms with van der Waals surface area (Å²) in [7, 11) is 0. The maximum Gasteiger partial charge on any atom is 0.241 e. The number of fused-ring (bicyclic) bond motifs is 1. The smallest absolute Gasteiger partial charge is 0.241 e. The van der Waals surface area contributed by atoms with Crippen molar-refractivity contribution in [1.29, 1.82) is 5.26 Å². The standard InChI is InChI=1S/C26H40N4O4/c27-16-21-10-20-11-22(20)30(21)24(31)23(28)25-12-18-9-19(13-25)15-26(14-18,17-25)34-8-7-33-6-3-29-1-4-32-5-2-29/h18-23H,1-15,17,28H2/t18-,19-,20+,21?,22-,23+,25?,26?/m0/s1. The third kappa shape index (κ3) is 4.18.